The van der Waals surface area contributed by atoms with Crippen LogP contribution in [0.4, 0.5) is 9.18 Å². The minimum Gasteiger partial charge on any atom is -0.343 e. The van der Waals surface area contributed by atoms with Crippen molar-refractivity contribution < 1.29 is 23.6 Å². The van der Waals surface area contributed by atoms with Crippen molar-refractivity contribution in [3.05, 3.63) is 70.7 Å². The molecule has 0 radical (unpaired) electrons. The van der Waals surface area contributed by atoms with Gasteiger partial charge in [-0.3, -0.25) is 19.3 Å². The van der Waals surface area contributed by atoms with Crippen LogP contribution in [0.3, 0.4) is 0 Å². The summed E-state index contributed by atoms with van der Waals surface area (Å²) in [6, 6.07) is 7.81. The monoisotopic (exact) mass is 401 g/mol. The summed E-state index contributed by atoms with van der Waals surface area (Å²) >= 11 is 1.39. The van der Waals surface area contributed by atoms with Crippen molar-refractivity contribution >= 4 is 35.1 Å². The summed E-state index contributed by atoms with van der Waals surface area (Å²) in [6.45, 7) is 2.72. The fourth-order valence-electron chi connectivity index (χ4n) is 2.76. The van der Waals surface area contributed by atoms with E-state index in [2.05, 4.69) is 11.9 Å². The fraction of sp³-hybridized carbons (Fsp3) is 0.158. The third-order valence-electron chi connectivity index (χ3n) is 4.08. The van der Waals surface area contributed by atoms with E-state index >= 15 is 0 Å². The molecule has 28 heavy (non-hydrogen) atoms. The Morgan fingerprint density at radius 1 is 1.14 bits per heavy atom. The van der Waals surface area contributed by atoms with Crippen molar-refractivity contribution in [3.63, 3.8) is 0 Å². The van der Waals surface area contributed by atoms with Crippen molar-refractivity contribution in [1.82, 2.24) is 15.1 Å². The lowest BCUT2D eigenvalue weighted by Gasteiger charge is -2.20. The van der Waals surface area contributed by atoms with Crippen LogP contribution in [-0.4, -0.2) is 46.6 Å². The predicted molar refractivity (Wildman–Crippen MR) is 99.7 cm³/mol. The molecule has 0 spiro atoms. The number of rotatable bonds is 7. The van der Waals surface area contributed by atoms with Crippen LogP contribution >= 0.6 is 11.3 Å². The van der Waals surface area contributed by atoms with Gasteiger partial charge in [-0.2, -0.15) is 0 Å². The van der Waals surface area contributed by atoms with Gasteiger partial charge in [0, 0.05) is 11.4 Å². The number of halogens is 1. The summed E-state index contributed by atoms with van der Waals surface area (Å²) in [7, 11) is 0. The van der Waals surface area contributed by atoms with Crippen molar-refractivity contribution in [1.29, 1.82) is 0 Å². The van der Waals surface area contributed by atoms with Crippen LogP contribution in [0.5, 0.6) is 0 Å². The Balaban J connectivity index is 1.77. The van der Waals surface area contributed by atoms with E-state index in [4.69, 9.17) is 0 Å². The Kier molecular flexibility index (Phi) is 5.65. The highest BCUT2D eigenvalue weighted by Crippen LogP contribution is 2.26. The SMILES string of the molecule is C=CCN1C(=O)C(=O)N(CC(=O)N[C@H](c2ccc(F)cc2)c2cccs2)C1=O. The Labute approximate surface area is 164 Å². The van der Waals surface area contributed by atoms with Crippen LogP contribution in [0.2, 0.25) is 0 Å². The van der Waals surface area contributed by atoms with Gasteiger partial charge >= 0.3 is 17.8 Å². The molecule has 0 aliphatic carbocycles. The van der Waals surface area contributed by atoms with Crippen molar-refractivity contribution in [2.75, 3.05) is 13.1 Å². The molecule has 1 saturated heterocycles. The van der Waals surface area contributed by atoms with Gasteiger partial charge in [0.2, 0.25) is 5.91 Å². The molecule has 1 aromatic heterocycles. The van der Waals surface area contributed by atoms with Crippen molar-refractivity contribution in [3.8, 4) is 0 Å². The molecule has 2 heterocycles. The molecule has 5 amide bonds. The van der Waals surface area contributed by atoms with E-state index in [1.54, 1.807) is 18.2 Å². The molecule has 144 valence electrons. The van der Waals surface area contributed by atoms with Gasteiger partial charge in [0.15, 0.2) is 0 Å². The minimum atomic E-state index is -1.06. The lowest BCUT2D eigenvalue weighted by molar-refractivity contribution is -0.143. The van der Waals surface area contributed by atoms with Crippen molar-refractivity contribution in [2.24, 2.45) is 0 Å². The molecule has 1 atom stereocenters. The van der Waals surface area contributed by atoms with Gasteiger partial charge in [-0.05, 0) is 29.1 Å². The van der Waals surface area contributed by atoms with Gasteiger partial charge in [-0.15, -0.1) is 17.9 Å². The Hall–Kier alpha value is -3.33. The number of benzene rings is 1. The molecule has 1 aliphatic rings. The van der Waals surface area contributed by atoms with Gasteiger partial charge in [-0.25, -0.2) is 14.1 Å². The average molecular weight is 401 g/mol. The summed E-state index contributed by atoms with van der Waals surface area (Å²) in [6.07, 6.45) is 1.31. The number of thiophene rings is 1. The molecular weight excluding hydrogens is 385 g/mol. The fourth-order valence-corrected chi connectivity index (χ4v) is 3.56. The van der Waals surface area contributed by atoms with E-state index < -0.39 is 42.2 Å². The first-order chi connectivity index (χ1) is 13.4. The number of hydrogen-bond donors (Lipinski definition) is 1. The number of nitrogens with one attached hydrogen (secondary N) is 1. The highest BCUT2D eigenvalue weighted by molar-refractivity contribution is 7.10. The quantitative estimate of drug-likeness (QED) is 0.437. The smallest absolute Gasteiger partial charge is 0.335 e. The van der Waals surface area contributed by atoms with Crippen LogP contribution in [0.1, 0.15) is 16.5 Å². The molecule has 3 rings (SSSR count). The maximum Gasteiger partial charge on any atom is 0.335 e. The van der Waals surface area contributed by atoms with Gasteiger partial charge < -0.3 is 5.32 Å². The first-order valence-corrected chi connectivity index (χ1v) is 9.16. The summed E-state index contributed by atoms with van der Waals surface area (Å²) in [4.78, 5) is 50.7. The molecule has 0 saturated carbocycles. The van der Waals surface area contributed by atoms with E-state index in [1.165, 1.54) is 29.5 Å². The maximum atomic E-state index is 13.2. The van der Waals surface area contributed by atoms with Gasteiger partial charge in [0.25, 0.3) is 0 Å². The third-order valence-corrected chi connectivity index (χ3v) is 5.02. The van der Waals surface area contributed by atoms with Crippen LogP contribution in [0.25, 0.3) is 0 Å². The molecule has 9 heteroatoms. The van der Waals surface area contributed by atoms with Crippen LogP contribution in [-0.2, 0) is 14.4 Å². The van der Waals surface area contributed by atoms with Crippen molar-refractivity contribution in [2.45, 2.75) is 6.04 Å². The summed E-state index contributed by atoms with van der Waals surface area (Å²) < 4.78 is 13.2. The lowest BCUT2D eigenvalue weighted by atomic mass is 10.1. The molecule has 1 aliphatic heterocycles. The largest absolute Gasteiger partial charge is 0.343 e. The topological polar surface area (TPSA) is 86.8 Å². The Bertz CT molecular complexity index is 927. The van der Waals surface area contributed by atoms with Gasteiger partial charge in [0.1, 0.15) is 12.4 Å². The van der Waals surface area contributed by atoms with E-state index in [1.807, 2.05) is 11.4 Å². The molecule has 2 aromatic rings. The standard InChI is InChI=1S/C19H16FN3O4S/c1-2-9-22-17(25)18(26)23(19(22)27)11-15(24)21-16(14-4-3-10-28-14)12-5-7-13(20)8-6-12/h2-8,10,16H,1,9,11H2,(H,21,24)/t16-/m1/s1. The second-order valence-electron chi connectivity index (χ2n) is 5.95. The minimum absolute atomic E-state index is 0.116. The molecular formula is C19H16FN3O4S. The first-order valence-electron chi connectivity index (χ1n) is 8.28. The first kappa shape index (κ1) is 19.4. The Morgan fingerprint density at radius 3 is 2.43 bits per heavy atom. The lowest BCUT2D eigenvalue weighted by Crippen LogP contribution is -2.42. The number of amides is 5. The van der Waals surface area contributed by atoms with E-state index in [-0.39, 0.29) is 6.54 Å². The molecule has 0 bridgehead atoms. The number of carbonyl (C=O) groups excluding carboxylic acids is 4. The molecule has 0 unspecified atom stereocenters. The van der Waals surface area contributed by atoms with Crippen LogP contribution in [0.15, 0.2) is 54.4 Å². The number of imide groups is 2. The van der Waals surface area contributed by atoms with Gasteiger partial charge in [0.05, 0.1) is 6.04 Å². The Morgan fingerprint density at radius 2 is 1.82 bits per heavy atom. The maximum absolute atomic E-state index is 13.2. The van der Waals surface area contributed by atoms with Gasteiger partial charge in [-0.1, -0.05) is 24.3 Å². The number of urea groups is 1. The predicted octanol–water partition coefficient (Wildman–Crippen LogP) is 2.07. The normalized spacial score (nSPS) is 15.1. The van der Waals surface area contributed by atoms with Crippen LogP contribution < -0.4 is 5.32 Å². The number of hydrogen-bond acceptors (Lipinski definition) is 5. The summed E-state index contributed by atoms with van der Waals surface area (Å²) in [5.74, 6) is -3.09. The molecule has 1 fully saturated rings. The molecule has 1 N–H and O–H groups in total. The molecule has 7 nitrogen and oxygen atoms in total. The third kappa shape index (κ3) is 3.84. The highest BCUT2D eigenvalue weighted by Gasteiger charge is 2.44. The number of carbonyl (C=O) groups is 4. The second kappa shape index (κ2) is 8.13. The summed E-state index contributed by atoms with van der Waals surface area (Å²) in [5, 5.41) is 4.57. The van der Waals surface area contributed by atoms with Crippen LogP contribution in [0, 0.1) is 5.82 Å². The van der Waals surface area contributed by atoms with E-state index in [9.17, 15) is 23.6 Å². The zero-order valence-corrected chi connectivity index (χ0v) is 15.4. The van der Waals surface area contributed by atoms with E-state index in [0.29, 0.717) is 10.5 Å². The second-order valence-corrected chi connectivity index (χ2v) is 6.93. The molecule has 1 aromatic carbocycles. The highest BCUT2D eigenvalue weighted by atomic mass is 32.1. The zero-order valence-electron chi connectivity index (χ0n) is 14.6. The summed E-state index contributed by atoms with van der Waals surface area (Å²) in [5.41, 5.74) is 0.639. The number of nitrogens with zero attached hydrogens (tertiary/aromatic N) is 2. The zero-order chi connectivity index (χ0) is 20.3. The van der Waals surface area contributed by atoms with E-state index in [0.717, 1.165) is 9.78 Å². The average Bonchev–Trinajstić information content (AvgIpc) is 3.27.